The predicted octanol–water partition coefficient (Wildman–Crippen LogP) is 1.89. The molecule has 0 spiro atoms. The summed E-state index contributed by atoms with van der Waals surface area (Å²) < 4.78 is 41.1. The number of amides is 1. The second-order valence-electron chi connectivity index (χ2n) is 4.78. The van der Waals surface area contributed by atoms with E-state index in [1.807, 2.05) is 0 Å². The number of alkyl halides is 3. The summed E-state index contributed by atoms with van der Waals surface area (Å²) in [6.07, 6.45) is -5.00. The zero-order chi connectivity index (χ0) is 19.2. The summed E-state index contributed by atoms with van der Waals surface area (Å²) in [5, 5.41) is 12.6. The zero-order valence-corrected chi connectivity index (χ0v) is 13.4. The fourth-order valence-electron chi connectivity index (χ4n) is 2.03. The van der Waals surface area contributed by atoms with Crippen molar-refractivity contribution >= 4 is 23.3 Å². The zero-order valence-electron chi connectivity index (χ0n) is 13.4. The number of carbonyl (C=O) groups excluding carboxylic acids is 2. The van der Waals surface area contributed by atoms with Gasteiger partial charge in [-0.05, 0) is 13.0 Å². The van der Waals surface area contributed by atoms with Gasteiger partial charge >= 0.3 is 18.1 Å². The molecule has 11 heteroatoms. The standard InChI is InChI=1S/C14H16F3N3O5/c1-3-19(7-6-18-13(22)14(15,16)17)11-8-9(20(23)24)4-5-10(11)12(21)25-2/h4-5,8H,3,6-7H2,1-2H3,(H,18,22). The van der Waals surface area contributed by atoms with E-state index < -0.39 is 23.0 Å². The summed E-state index contributed by atoms with van der Waals surface area (Å²) >= 11 is 0. The molecule has 0 aliphatic rings. The van der Waals surface area contributed by atoms with Crippen LogP contribution in [0.5, 0.6) is 0 Å². The molecule has 0 atom stereocenters. The van der Waals surface area contributed by atoms with Crippen LogP contribution in [0.3, 0.4) is 0 Å². The number of hydrogen-bond donors (Lipinski definition) is 1. The third-order valence-electron chi connectivity index (χ3n) is 3.24. The minimum absolute atomic E-state index is 0.0251. The minimum Gasteiger partial charge on any atom is -0.465 e. The molecule has 0 aromatic heterocycles. The Kier molecular flexibility index (Phi) is 6.71. The maximum Gasteiger partial charge on any atom is 0.471 e. The first-order chi connectivity index (χ1) is 11.6. The lowest BCUT2D eigenvalue weighted by molar-refractivity contribution is -0.384. The van der Waals surface area contributed by atoms with Crippen LogP contribution in [0, 0.1) is 10.1 Å². The fourth-order valence-corrected chi connectivity index (χ4v) is 2.03. The number of non-ortho nitro benzene ring substituents is 1. The molecule has 8 nitrogen and oxygen atoms in total. The van der Waals surface area contributed by atoms with E-state index in [9.17, 15) is 32.9 Å². The van der Waals surface area contributed by atoms with Gasteiger partial charge in [0, 0.05) is 31.8 Å². The number of esters is 1. The number of rotatable bonds is 7. The van der Waals surface area contributed by atoms with E-state index in [1.165, 1.54) is 11.0 Å². The minimum atomic E-state index is -5.00. The first-order valence-electron chi connectivity index (χ1n) is 7.08. The number of nitrogens with one attached hydrogen (secondary N) is 1. The van der Waals surface area contributed by atoms with Crippen molar-refractivity contribution in [3.63, 3.8) is 0 Å². The number of halogens is 3. The van der Waals surface area contributed by atoms with Crippen molar-refractivity contribution in [3.05, 3.63) is 33.9 Å². The van der Waals surface area contributed by atoms with Crippen LogP contribution in [-0.2, 0) is 9.53 Å². The first kappa shape index (κ1) is 20.2. The van der Waals surface area contributed by atoms with Crippen molar-refractivity contribution < 1.29 is 32.4 Å². The number of nitro groups is 1. The summed E-state index contributed by atoms with van der Waals surface area (Å²) in [4.78, 5) is 34.3. The molecule has 25 heavy (non-hydrogen) atoms. The molecule has 0 saturated heterocycles. The summed E-state index contributed by atoms with van der Waals surface area (Å²) in [5.74, 6) is -2.83. The van der Waals surface area contributed by atoms with Gasteiger partial charge in [-0.15, -0.1) is 0 Å². The lowest BCUT2D eigenvalue weighted by Crippen LogP contribution is -2.41. The van der Waals surface area contributed by atoms with Crippen molar-refractivity contribution in [2.45, 2.75) is 13.1 Å². The third kappa shape index (κ3) is 5.33. The molecule has 138 valence electrons. The van der Waals surface area contributed by atoms with Gasteiger partial charge in [-0.25, -0.2) is 4.79 Å². The second-order valence-corrected chi connectivity index (χ2v) is 4.78. The highest BCUT2D eigenvalue weighted by Gasteiger charge is 2.38. The number of benzene rings is 1. The fraction of sp³-hybridized carbons (Fsp3) is 0.429. The van der Waals surface area contributed by atoms with E-state index in [2.05, 4.69) is 4.74 Å². The van der Waals surface area contributed by atoms with Gasteiger partial charge in [-0.2, -0.15) is 13.2 Å². The van der Waals surface area contributed by atoms with Crippen LogP contribution >= 0.6 is 0 Å². The smallest absolute Gasteiger partial charge is 0.465 e. The van der Waals surface area contributed by atoms with E-state index in [1.54, 1.807) is 12.2 Å². The van der Waals surface area contributed by atoms with Crippen molar-refractivity contribution in [2.75, 3.05) is 31.6 Å². The molecular weight excluding hydrogens is 347 g/mol. The van der Waals surface area contributed by atoms with Gasteiger partial charge in [0.2, 0.25) is 0 Å². The molecule has 0 saturated carbocycles. The Balaban J connectivity index is 3.03. The van der Waals surface area contributed by atoms with Gasteiger partial charge in [-0.1, -0.05) is 0 Å². The van der Waals surface area contributed by atoms with Crippen LogP contribution in [0.1, 0.15) is 17.3 Å². The number of nitro benzene ring substituents is 1. The molecule has 0 bridgehead atoms. The van der Waals surface area contributed by atoms with Crippen molar-refractivity contribution in [1.82, 2.24) is 5.32 Å². The molecule has 0 fully saturated rings. The van der Waals surface area contributed by atoms with Gasteiger partial charge in [-0.3, -0.25) is 14.9 Å². The topological polar surface area (TPSA) is 102 Å². The second kappa shape index (κ2) is 8.31. The van der Waals surface area contributed by atoms with Crippen molar-refractivity contribution in [2.24, 2.45) is 0 Å². The Hall–Kier alpha value is -2.85. The van der Waals surface area contributed by atoms with Gasteiger partial charge < -0.3 is 15.0 Å². The Labute approximate surface area is 140 Å². The Morgan fingerprint density at radius 2 is 2.00 bits per heavy atom. The van der Waals surface area contributed by atoms with Gasteiger partial charge in [0.15, 0.2) is 0 Å². The molecule has 0 aliphatic carbocycles. The highest BCUT2D eigenvalue weighted by atomic mass is 19.4. The van der Waals surface area contributed by atoms with Gasteiger partial charge in [0.05, 0.1) is 23.3 Å². The largest absolute Gasteiger partial charge is 0.471 e. The lowest BCUT2D eigenvalue weighted by atomic mass is 10.1. The highest BCUT2D eigenvalue weighted by Crippen LogP contribution is 2.26. The van der Waals surface area contributed by atoms with Crippen LogP contribution in [0.4, 0.5) is 24.5 Å². The number of hydrogen-bond acceptors (Lipinski definition) is 6. The number of carbonyl (C=O) groups is 2. The van der Waals surface area contributed by atoms with Crippen LogP contribution in [0.25, 0.3) is 0 Å². The molecular formula is C14H16F3N3O5. The predicted molar refractivity (Wildman–Crippen MR) is 81.4 cm³/mol. The summed E-state index contributed by atoms with van der Waals surface area (Å²) in [5.41, 5.74) is -0.137. The number of nitrogens with zero attached hydrogens (tertiary/aromatic N) is 2. The number of methoxy groups -OCH3 is 1. The normalized spacial score (nSPS) is 10.9. The molecule has 0 radical (unpaired) electrons. The monoisotopic (exact) mass is 363 g/mol. The Morgan fingerprint density at radius 3 is 2.48 bits per heavy atom. The van der Waals surface area contributed by atoms with Crippen molar-refractivity contribution in [1.29, 1.82) is 0 Å². The van der Waals surface area contributed by atoms with Gasteiger partial charge in [0.1, 0.15) is 0 Å². The Bertz CT molecular complexity index is 664. The molecule has 0 unspecified atom stereocenters. The maximum atomic E-state index is 12.2. The SMILES string of the molecule is CCN(CCNC(=O)C(F)(F)F)c1cc([N+](=O)[O-])ccc1C(=O)OC. The van der Waals surface area contributed by atoms with E-state index in [0.717, 1.165) is 19.2 Å². The lowest BCUT2D eigenvalue weighted by Gasteiger charge is -2.25. The molecule has 1 aromatic rings. The number of likely N-dealkylation sites (N-methyl/N-ethyl adjacent to an activating group) is 1. The third-order valence-corrected chi connectivity index (χ3v) is 3.24. The first-order valence-corrected chi connectivity index (χ1v) is 7.08. The van der Waals surface area contributed by atoms with E-state index in [-0.39, 0.29) is 36.6 Å². The molecule has 1 N–H and O–H groups in total. The number of anilines is 1. The molecule has 0 aliphatic heterocycles. The molecule has 1 rings (SSSR count). The van der Waals surface area contributed by atoms with Crippen LogP contribution in [0.2, 0.25) is 0 Å². The summed E-state index contributed by atoms with van der Waals surface area (Å²) in [6.45, 7) is 1.41. The van der Waals surface area contributed by atoms with Crippen molar-refractivity contribution in [3.8, 4) is 0 Å². The number of ether oxygens (including phenoxy) is 1. The van der Waals surface area contributed by atoms with Gasteiger partial charge in [0.25, 0.3) is 5.69 Å². The average Bonchev–Trinajstić information content (AvgIpc) is 2.56. The Morgan fingerprint density at radius 1 is 1.36 bits per heavy atom. The highest BCUT2D eigenvalue weighted by molar-refractivity contribution is 5.96. The van der Waals surface area contributed by atoms with Crippen LogP contribution in [-0.4, -0.2) is 49.7 Å². The van der Waals surface area contributed by atoms with E-state index in [4.69, 9.17) is 0 Å². The molecule has 0 heterocycles. The van der Waals surface area contributed by atoms with Crippen LogP contribution < -0.4 is 10.2 Å². The van der Waals surface area contributed by atoms with E-state index in [0.29, 0.717) is 0 Å². The summed E-state index contributed by atoms with van der Waals surface area (Å²) in [7, 11) is 1.13. The van der Waals surface area contributed by atoms with E-state index >= 15 is 0 Å². The maximum absolute atomic E-state index is 12.2. The average molecular weight is 363 g/mol. The van der Waals surface area contributed by atoms with Crippen LogP contribution in [0.15, 0.2) is 18.2 Å². The molecule has 1 aromatic carbocycles. The quantitative estimate of drug-likeness (QED) is 0.451. The summed E-state index contributed by atoms with van der Waals surface area (Å²) in [6, 6.07) is 3.45. The molecule has 1 amide bonds.